The number of nitrogens with zero attached hydrogens (tertiary/aromatic N) is 2. The van der Waals surface area contributed by atoms with E-state index in [9.17, 15) is 15.0 Å². The number of phenolic OH excluding ortho intramolecular Hbond substituents is 2. The van der Waals surface area contributed by atoms with Gasteiger partial charge in [0.05, 0.1) is 11.3 Å². The second-order valence-corrected chi connectivity index (χ2v) is 4.66. The molecule has 1 heterocycles. The van der Waals surface area contributed by atoms with E-state index < -0.39 is 5.97 Å². The minimum atomic E-state index is -1.08. The number of carboxylic acids is 1. The molecule has 20 heavy (non-hydrogen) atoms. The first-order valence-corrected chi connectivity index (χ1v) is 6.02. The first kappa shape index (κ1) is 13.8. The average molecular weight is 274 g/mol. The van der Waals surface area contributed by atoms with Gasteiger partial charge in [-0.2, -0.15) is 0 Å². The molecule has 2 rings (SSSR count). The Morgan fingerprint density at radius 1 is 1.20 bits per heavy atom. The Bertz CT molecular complexity index is 668. The lowest BCUT2D eigenvalue weighted by molar-refractivity contribution is 0.0694. The molecule has 3 N–H and O–H groups in total. The van der Waals surface area contributed by atoms with Crippen LogP contribution in [-0.4, -0.2) is 31.3 Å². The molecule has 0 radical (unpaired) electrons. The monoisotopic (exact) mass is 274 g/mol. The number of rotatable bonds is 3. The van der Waals surface area contributed by atoms with Crippen molar-refractivity contribution in [2.75, 3.05) is 0 Å². The molecule has 0 aliphatic carbocycles. The predicted octanol–water partition coefficient (Wildman–Crippen LogP) is 2.38. The smallest absolute Gasteiger partial charge is 0.339 e. The Balaban J connectivity index is 2.55. The van der Waals surface area contributed by atoms with Crippen molar-refractivity contribution in [2.24, 2.45) is 0 Å². The van der Waals surface area contributed by atoms with Crippen LogP contribution in [0.5, 0.6) is 11.5 Å². The number of benzene rings is 1. The van der Waals surface area contributed by atoms with Crippen molar-refractivity contribution in [3.8, 4) is 22.9 Å². The molecular weight excluding hydrogens is 260 g/mol. The summed E-state index contributed by atoms with van der Waals surface area (Å²) in [6.45, 7) is 3.68. The van der Waals surface area contributed by atoms with Gasteiger partial charge in [-0.25, -0.2) is 14.8 Å². The summed E-state index contributed by atoms with van der Waals surface area (Å²) in [6.07, 6.45) is 1.25. The van der Waals surface area contributed by atoms with Crippen molar-refractivity contribution in [3.05, 3.63) is 35.7 Å². The number of carbonyl (C=O) groups is 1. The van der Waals surface area contributed by atoms with Crippen LogP contribution in [-0.2, 0) is 0 Å². The van der Waals surface area contributed by atoms with Crippen LogP contribution in [0.2, 0.25) is 0 Å². The van der Waals surface area contributed by atoms with Gasteiger partial charge in [0.2, 0.25) is 0 Å². The van der Waals surface area contributed by atoms with E-state index >= 15 is 0 Å². The maximum absolute atomic E-state index is 11.1. The Labute approximate surface area is 115 Å². The quantitative estimate of drug-likeness (QED) is 0.742. The van der Waals surface area contributed by atoms with E-state index in [2.05, 4.69) is 9.97 Å². The van der Waals surface area contributed by atoms with Crippen LogP contribution in [0.25, 0.3) is 11.4 Å². The summed E-state index contributed by atoms with van der Waals surface area (Å²) < 4.78 is 0. The Morgan fingerprint density at radius 3 is 2.45 bits per heavy atom. The number of carboxylic acid groups (broad SMARTS) is 1. The molecular formula is C14H14N2O4. The molecule has 0 bridgehead atoms. The van der Waals surface area contributed by atoms with Gasteiger partial charge in [0.1, 0.15) is 0 Å². The highest BCUT2D eigenvalue weighted by Crippen LogP contribution is 2.29. The third-order valence-electron chi connectivity index (χ3n) is 2.83. The number of aromatic hydroxyl groups is 2. The van der Waals surface area contributed by atoms with Crippen molar-refractivity contribution in [3.63, 3.8) is 0 Å². The molecule has 6 nitrogen and oxygen atoms in total. The number of hydrogen-bond acceptors (Lipinski definition) is 5. The summed E-state index contributed by atoms with van der Waals surface area (Å²) >= 11 is 0. The molecule has 0 saturated heterocycles. The molecule has 1 aromatic carbocycles. The third kappa shape index (κ3) is 2.54. The minimum Gasteiger partial charge on any atom is -0.504 e. The van der Waals surface area contributed by atoms with E-state index in [0.29, 0.717) is 17.1 Å². The molecule has 0 fully saturated rings. The van der Waals surface area contributed by atoms with Crippen molar-refractivity contribution in [1.82, 2.24) is 9.97 Å². The Hall–Kier alpha value is -2.63. The zero-order chi connectivity index (χ0) is 14.9. The Morgan fingerprint density at radius 2 is 1.90 bits per heavy atom. The number of phenols is 2. The molecule has 0 aliphatic rings. The maximum atomic E-state index is 11.1. The molecule has 0 saturated carbocycles. The van der Waals surface area contributed by atoms with Crippen LogP contribution < -0.4 is 0 Å². The fraction of sp³-hybridized carbons (Fsp3) is 0.214. The second kappa shape index (κ2) is 5.16. The standard InChI is InChI=1S/C14H14N2O4/c1-7(2)12-9(14(19)20)6-15-13(16-12)8-3-4-10(17)11(18)5-8/h3-7,17-18H,1-2H3,(H,19,20). The first-order valence-electron chi connectivity index (χ1n) is 6.02. The topological polar surface area (TPSA) is 104 Å². The number of aromatic carboxylic acids is 1. The van der Waals surface area contributed by atoms with Crippen molar-refractivity contribution >= 4 is 5.97 Å². The highest BCUT2D eigenvalue weighted by atomic mass is 16.4. The van der Waals surface area contributed by atoms with Crippen LogP contribution in [0.1, 0.15) is 35.8 Å². The molecule has 0 aliphatic heterocycles. The third-order valence-corrected chi connectivity index (χ3v) is 2.83. The molecule has 6 heteroatoms. The average Bonchev–Trinajstić information content (AvgIpc) is 2.41. The molecule has 1 aromatic heterocycles. The summed E-state index contributed by atoms with van der Waals surface area (Å²) in [5.74, 6) is -1.36. The lowest BCUT2D eigenvalue weighted by Crippen LogP contribution is -2.08. The normalized spacial score (nSPS) is 10.8. The number of hydrogen-bond donors (Lipinski definition) is 3. The van der Waals surface area contributed by atoms with E-state index in [1.54, 1.807) is 6.07 Å². The predicted molar refractivity (Wildman–Crippen MR) is 71.8 cm³/mol. The van der Waals surface area contributed by atoms with Crippen LogP contribution in [0.4, 0.5) is 0 Å². The van der Waals surface area contributed by atoms with Gasteiger partial charge in [0, 0.05) is 11.8 Å². The van der Waals surface area contributed by atoms with Crippen LogP contribution in [0, 0.1) is 0 Å². The fourth-order valence-electron chi connectivity index (χ4n) is 1.80. The SMILES string of the molecule is CC(C)c1nc(-c2ccc(O)c(O)c2)ncc1C(=O)O. The zero-order valence-electron chi connectivity index (χ0n) is 11.0. The molecule has 0 unspecified atom stereocenters. The van der Waals surface area contributed by atoms with E-state index in [-0.39, 0.29) is 23.0 Å². The summed E-state index contributed by atoms with van der Waals surface area (Å²) in [5.41, 5.74) is 0.987. The van der Waals surface area contributed by atoms with Gasteiger partial charge < -0.3 is 15.3 Å². The van der Waals surface area contributed by atoms with E-state index in [1.807, 2.05) is 13.8 Å². The van der Waals surface area contributed by atoms with Gasteiger partial charge in [-0.15, -0.1) is 0 Å². The van der Waals surface area contributed by atoms with Gasteiger partial charge in [0.25, 0.3) is 0 Å². The summed E-state index contributed by atoms with van der Waals surface area (Å²) in [6, 6.07) is 4.21. The zero-order valence-corrected chi connectivity index (χ0v) is 11.0. The van der Waals surface area contributed by atoms with Crippen LogP contribution in [0.15, 0.2) is 24.4 Å². The van der Waals surface area contributed by atoms with Gasteiger partial charge in [0.15, 0.2) is 17.3 Å². The summed E-state index contributed by atoms with van der Waals surface area (Å²) in [4.78, 5) is 19.4. The van der Waals surface area contributed by atoms with Crippen molar-refractivity contribution in [1.29, 1.82) is 0 Å². The largest absolute Gasteiger partial charge is 0.504 e. The van der Waals surface area contributed by atoms with Crippen LogP contribution >= 0.6 is 0 Å². The van der Waals surface area contributed by atoms with E-state index in [1.165, 1.54) is 18.3 Å². The minimum absolute atomic E-state index is 0.0618. The van der Waals surface area contributed by atoms with Gasteiger partial charge in [-0.1, -0.05) is 13.8 Å². The Kier molecular flexibility index (Phi) is 3.56. The van der Waals surface area contributed by atoms with Crippen molar-refractivity contribution < 1.29 is 20.1 Å². The number of aromatic nitrogens is 2. The van der Waals surface area contributed by atoms with Gasteiger partial charge in [-0.05, 0) is 24.1 Å². The molecule has 0 spiro atoms. The highest BCUT2D eigenvalue weighted by molar-refractivity contribution is 5.89. The molecule has 0 atom stereocenters. The molecule has 0 amide bonds. The van der Waals surface area contributed by atoms with Gasteiger partial charge >= 0.3 is 5.97 Å². The lowest BCUT2D eigenvalue weighted by atomic mass is 10.0. The summed E-state index contributed by atoms with van der Waals surface area (Å²) in [5, 5.41) is 27.9. The summed E-state index contributed by atoms with van der Waals surface area (Å²) in [7, 11) is 0. The van der Waals surface area contributed by atoms with Gasteiger partial charge in [-0.3, -0.25) is 0 Å². The first-order chi connectivity index (χ1) is 9.40. The lowest BCUT2D eigenvalue weighted by Gasteiger charge is -2.10. The second-order valence-electron chi connectivity index (χ2n) is 4.66. The van der Waals surface area contributed by atoms with E-state index in [0.717, 1.165) is 0 Å². The molecule has 2 aromatic rings. The highest BCUT2D eigenvalue weighted by Gasteiger charge is 2.17. The maximum Gasteiger partial charge on any atom is 0.339 e. The van der Waals surface area contributed by atoms with E-state index in [4.69, 9.17) is 5.11 Å². The van der Waals surface area contributed by atoms with Crippen LogP contribution in [0.3, 0.4) is 0 Å². The molecule has 104 valence electrons. The fourth-order valence-corrected chi connectivity index (χ4v) is 1.80. The van der Waals surface area contributed by atoms with Crippen molar-refractivity contribution in [2.45, 2.75) is 19.8 Å².